The average molecular weight is 386 g/mol. The summed E-state index contributed by atoms with van der Waals surface area (Å²) in [6.07, 6.45) is 4.70. The first kappa shape index (κ1) is 18.1. The van der Waals surface area contributed by atoms with Gasteiger partial charge in [0.2, 0.25) is 0 Å². The molecule has 2 aliphatic rings. The highest BCUT2D eigenvalue weighted by Gasteiger charge is 2.23. The van der Waals surface area contributed by atoms with Gasteiger partial charge in [0.15, 0.2) is 0 Å². The molecule has 138 valence electrons. The van der Waals surface area contributed by atoms with Crippen molar-refractivity contribution in [1.82, 2.24) is 4.90 Å². The molecule has 2 aliphatic heterocycles. The quantitative estimate of drug-likeness (QED) is 0.728. The van der Waals surface area contributed by atoms with Crippen molar-refractivity contribution in [3.8, 4) is 0 Å². The zero-order valence-electron chi connectivity index (χ0n) is 15.4. The Labute approximate surface area is 164 Å². The molecule has 1 fully saturated rings. The smallest absolute Gasteiger partial charge is 0.0529 e. The number of benzene rings is 1. The van der Waals surface area contributed by atoms with E-state index in [1.807, 2.05) is 29.3 Å². The first-order chi connectivity index (χ1) is 12.7. The molecule has 0 amide bonds. The maximum absolute atomic E-state index is 8.33. The molecule has 5 heteroatoms. The molecule has 3 heterocycles. The van der Waals surface area contributed by atoms with Crippen LogP contribution in [0.5, 0.6) is 0 Å². The van der Waals surface area contributed by atoms with Crippen LogP contribution in [-0.2, 0) is 6.42 Å². The summed E-state index contributed by atoms with van der Waals surface area (Å²) in [5.74, 6) is 1.17. The number of likely N-dealkylation sites (tertiary alicyclic amines) is 1. The molecule has 0 aliphatic carbocycles. The maximum atomic E-state index is 8.33. The van der Waals surface area contributed by atoms with Gasteiger partial charge in [-0.05, 0) is 62.0 Å². The molecule has 3 nitrogen and oxygen atoms in total. The van der Waals surface area contributed by atoms with Crippen molar-refractivity contribution in [3.05, 3.63) is 46.2 Å². The van der Waals surface area contributed by atoms with E-state index < -0.39 is 0 Å². The molecule has 1 saturated heterocycles. The molecule has 1 aromatic heterocycles. The lowest BCUT2D eigenvalue weighted by molar-refractivity contribution is 0.298. The van der Waals surface area contributed by atoms with Crippen LogP contribution in [0.15, 0.2) is 40.6 Å². The van der Waals surface area contributed by atoms with E-state index in [9.17, 15) is 0 Å². The predicted octanol–water partition coefficient (Wildman–Crippen LogP) is 4.76. The van der Waals surface area contributed by atoms with Crippen LogP contribution in [-0.4, -0.2) is 49.1 Å². The second-order valence-corrected chi connectivity index (χ2v) is 9.42. The van der Waals surface area contributed by atoms with E-state index in [2.05, 4.69) is 35.0 Å². The third-order valence-corrected chi connectivity index (χ3v) is 7.54. The van der Waals surface area contributed by atoms with E-state index in [1.54, 1.807) is 11.3 Å². The molecular weight excluding hydrogens is 358 g/mol. The van der Waals surface area contributed by atoms with Gasteiger partial charge in [0.05, 0.1) is 11.4 Å². The predicted molar refractivity (Wildman–Crippen MR) is 114 cm³/mol. The van der Waals surface area contributed by atoms with Crippen LogP contribution in [0.25, 0.3) is 0 Å². The molecule has 4 rings (SSSR count). The van der Waals surface area contributed by atoms with Crippen molar-refractivity contribution in [2.24, 2.45) is 0 Å². The number of nitrogens with zero attached hydrogens (tertiary/aromatic N) is 2. The van der Waals surface area contributed by atoms with Crippen molar-refractivity contribution >= 4 is 34.5 Å². The molecule has 0 radical (unpaired) electrons. The van der Waals surface area contributed by atoms with Crippen LogP contribution in [0.3, 0.4) is 0 Å². The van der Waals surface area contributed by atoms with Gasteiger partial charge >= 0.3 is 0 Å². The Bertz CT molecular complexity index is 757. The van der Waals surface area contributed by atoms with Gasteiger partial charge < -0.3 is 15.2 Å². The lowest BCUT2D eigenvalue weighted by Crippen LogP contribution is -2.34. The number of nitrogens with one attached hydrogen (secondary N) is 1. The van der Waals surface area contributed by atoms with Crippen LogP contribution in [0.2, 0.25) is 0 Å². The Morgan fingerprint density at radius 1 is 1.27 bits per heavy atom. The van der Waals surface area contributed by atoms with E-state index in [-0.39, 0.29) is 0 Å². The van der Waals surface area contributed by atoms with Crippen LogP contribution >= 0.6 is 23.1 Å². The summed E-state index contributed by atoms with van der Waals surface area (Å²) in [4.78, 5) is 7.58. The third kappa shape index (κ3) is 4.00. The Kier molecular flexibility index (Phi) is 5.67. The second kappa shape index (κ2) is 8.15. The summed E-state index contributed by atoms with van der Waals surface area (Å²) in [7, 11) is 2.27. The van der Waals surface area contributed by atoms with E-state index >= 15 is 0 Å². The van der Waals surface area contributed by atoms with Gasteiger partial charge in [0.1, 0.15) is 0 Å². The first-order valence-electron chi connectivity index (χ1n) is 9.53. The molecule has 0 spiro atoms. The van der Waals surface area contributed by atoms with Gasteiger partial charge in [-0.25, -0.2) is 0 Å². The highest BCUT2D eigenvalue weighted by Crippen LogP contribution is 2.36. The zero-order valence-corrected chi connectivity index (χ0v) is 17.0. The number of hydrogen-bond donors (Lipinski definition) is 1. The number of anilines is 1. The Hall–Kier alpha value is -1.30. The summed E-state index contributed by atoms with van der Waals surface area (Å²) < 4.78 is 0. The first-order valence-corrected chi connectivity index (χ1v) is 11.4. The number of fused-ring (bicyclic) bond motifs is 1. The zero-order chi connectivity index (χ0) is 17.9. The fourth-order valence-corrected chi connectivity index (χ4v) is 5.84. The maximum Gasteiger partial charge on any atom is 0.0529 e. The molecule has 0 bridgehead atoms. The number of hydrogen-bond acceptors (Lipinski definition) is 5. The average Bonchev–Trinajstić information content (AvgIpc) is 3.31. The number of thioether (sulfide) groups is 1. The van der Waals surface area contributed by atoms with Crippen molar-refractivity contribution in [2.45, 2.75) is 36.6 Å². The molecule has 1 N–H and O–H groups in total. The van der Waals surface area contributed by atoms with E-state index in [4.69, 9.17) is 5.41 Å². The number of rotatable bonds is 6. The molecule has 0 saturated carbocycles. The van der Waals surface area contributed by atoms with E-state index in [0.29, 0.717) is 0 Å². The highest BCUT2D eigenvalue weighted by molar-refractivity contribution is 7.99. The Morgan fingerprint density at radius 3 is 2.96 bits per heavy atom. The molecule has 1 aromatic carbocycles. The molecular formula is C21H27N3S2. The largest absolute Gasteiger partial charge is 0.370 e. The van der Waals surface area contributed by atoms with Crippen LogP contribution in [0, 0.1) is 5.41 Å². The second-order valence-electron chi connectivity index (χ2n) is 7.34. The minimum Gasteiger partial charge on any atom is -0.370 e. The minimum atomic E-state index is 0.723. The summed E-state index contributed by atoms with van der Waals surface area (Å²) in [5.41, 5.74) is 3.38. The van der Waals surface area contributed by atoms with Gasteiger partial charge in [-0.3, -0.25) is 0 Å². The van der Waals surface area contributed by atoms with Gasteiger partial charge in [0, 0.05) is 41.1 Å². The Balaban J connectivity index is 1.42. The fourth-order valence-electron chi connectivity index (χ4n) is 4.05. The van der Waals surface area contributed by atoms with Gasteiger partial charge in [-0.1, -0.05) is 12.1 Å². The highest BCUT2D eigenvalue weighted by atomic mass is 32.2. The summed E-state index contributed by atoms with van der Waals surface area (Å²) in [6.45, 7) is 3.57. The topological polar surface area (TPSA) is 30.3 Å². The van der Waals surface area contributed by atoms with Crippen molar-refractivity contribution in [2.75, 3.05) is 37.3 Å². The van der Waals surface area contributed by atoms with Crippen molar-refractivity contribution < 1.29 is 0 Å². The monoisotopic (exact) mass is 385 g/mol. The summed E-state index contributed by atoms with van der Waals surface area (Å²) in [6, 6.07) is 11.7. The standard InChI is InChI=1S/C21H27N3S2/c1-23-9-2-4-17(23)8-10-24-11-13-26-21-15-16(6-7-19(21)24)14-18(22)20-5-3-12-25-20/h3,5-7,12,15,17,22H,2,4,8-11,13-14H2,1H3. The lowest BCUT2D eigenvalue weighted by atomic mass is 10.1. The SMILES string of the molecule is CN1CCCC1CCN1CCSc2cc(CC(=N)c3cccs3)ccc21. The summed E-state index contributed by atoms with van der Waals surface area (Å²) >= 11 is 3.63. The van der Waals surface area contributed by atoms with Gasteiger partial charge in [0.25, 0.3) is 0 Å². The summed E-state index contributed by atoms with van der Waals surface area (Å²) in [5, 5.41) is 10.4. The normalized spacial score (nSPS) is 20.3. The van der Waals surface area contributed by atoms with Crippen molar-refractivity contribution in [1.29, 1.82) is 5.41 Å². The molecule has 1 atom stereocenters. The van der Waals surface area contributed by atoms with Gasteiger partial charge in [-0.2, -0.15) is 0 Å². The minimum absolute atomic E-state index is 0.723. The van der Waals surface area contributed by atoms with Gasteiger partial charge in [-0.15, -0.1) is 23.1 Å². The molecule has 1 unspecified atom stereocenters. The molecule has 2 aromatic rings. The van der Waals surface area contributed by atoms with E-state index in [1.165, 1.54) is 47.7 Å². The van der Waals surface area contributed by atoms with Crippen LogP contribution < -0.4 is 4.90 Å². The Morgan fingerprint density at radius 2 is 2.19 bits per heavy atom. The molecule has 26 heavy (non-hydrogen) atoms. The lowest BCUT2D eigenvalue weighted by Gasteiger charge is -2.33. The third-order valence-electron chi connectivity index (χ3n) is 5.59. The van der Waals surface area contributed by atoms with Crippen LogP contribution in [0.4, 0.5) is 5.69 Å². The number of thiophene rings is 1. The van der Waals surface area contributed by atoms with Crippen molar-refractivity contribution in [3.63, 3.8) is 0 Å². The van der Waals surface area contributed by atoms with Crippen LogP contribution in [0.1, 0.15) is 29.7 Å². The fraction of sp³-hybridized carbons (Fsp3) is 0.476. The van der Waals surface area contributed by atoms with E-state index in [0.717, 1.165) is 36.1 Å².